The first-order valence-corrected chi connectivity index (χ1v) is 4.17. The van der Waals surface area contributed by atoms with E-state index in [1.807, 2.05) is 0 Å². The van der Waals surface area contributed by atoms with E-state index in [-0.39, 0.29) is 11.7 Å². The minimum Gasteiger partial charge on any atom is -0.507 e. The van der Waals surface area contributed by atoms with Crippen LogP contribution in [0.5, 0.6) is 5.75 Å². The molecule has 62 valence electrons. The molecule has 3 nitrogen and oxygen atoms in total. The second-order valence-corrected chi connectivity index (χ2v) is 3.30. The van der Waals surface area contributed by atoms with Crippen LogP contribution in [-0.4, -0.2) is 11.1 Å². The molecule has 0 radical (unpaired) electrons. The Morgan fingerprint density at radius 1 is 1.50 bits per heavy atom. The molecule has 12 heavy (non-hydrogen) atoms. The van der Waals surface area contributed by atoms with Gasteiger partial charge in [-0.1, -0.05) is 6.07 Å². The summed E-state index contributed by atoms with van der Waals surface area (Å²) in [5, 5.41) is 9.25. The number of ether oxygens (including phenoxy) is 1. The molecule has 0 spiro atoms. The molecule has 1 aromatic carbocycles. The van der Waals surface area contributed by atoms with Crippen molar-refractivity contribution in [2.24, 2.45) is 0 Å². The average molecular weight is 229 g/mol. The zero-order chi connectivity index (χ0) is 8.72. The zero-order valence-corrected chi connectivity index (χ0v) is 7.59. The van der Waals surface area contributed by atoms with Gasteiger partial charge in [0.05, 0.1) is 10.0 Å². The lowest BCUT2D eigenvalue weighted by molar-refractivity contribution is 0.0534. The van der Waals surface area contributed by atoms with Gasteiger partial charge in [0.1, 0.15) is 12.4 Å². The molecule has 0 aliphatic carbocycles. The first-order chi connectivity index (χ1) is 5.70. The van der Waals surface area contributed by atoms with Crippen molar-refractivity contribution >= 4 is 21.9 Å². The van der Waals surface area contributed by atoms with Crippen molar-refractivity contribution in [3.63, 3.8) is 0 Å². The van der Waals surface area contributed by atoms with E-state index in [2.05, 4.69) is 15.9 Å². The van der Waals surface area contributed by atoms with Crippen molar-refractivity contribution in [1.82, 2.24) is 0 Å². The van der Waals surface area contributed by atoms with Crippen LogP contribution in [0.3, 0.4) is 0 Å². The van der Waals surface area contributed by atoms with Gasteiger partial charge in [-0.05, 0) is 22.0 Å². The van der Waals surface area contributed by atoms with E-state index in [9.17, 15) is 9.90 Å². The van der Waals surface area contributed by atoms with E-state index in [4.69, 9.17) is 4.74 Å². The number of hydrogen-bond donors (Lipinski definition) is 1. The quantitative estimate of drug-likeness (QED) is 0.690. The van der Waals surface area contributed by atoms with Crippen molar-refractivity contribution in [2.75, 3.05) is 0 Å². The molecule has 1 aliphatic heterocycles. The van der Waals surface area contributed by atoms with Gasteiger partial charge in [0.2, 0.25) is 0 Å². The second kappa shape index (κ2) is 2.48. The van der Waals surface area contributed by atoms with Crippen LogP contribution in [0.25, 0.3) is 0 Å². The highest BCUT2D eigenvalue weighted by Crippen LogP contribution is 2.34. The molecule has 0 saturated carbocycles. The molecule has 0 bridgehead atoms. The Balaban J connectivity index is 2.71. The number of phenols is 1. The normalized spacial score (nSPS) is 14.2. The molecular weight excluding hydrogens is 224 g/mol. The summed E-state index contributed by atoms with van der Waals surface area (Å²) < 4.78 is 5.20. The van der Waals surface area contributed by atoms with E-state index < -0.39 is 0 Å². The predicted molar refractivity (Wildman–Crippen MR) is 44.9 cm³/mol. The van der Waals surface area contributed by atoms with E-state index in [1.54, 1.807) is 6.07 Å². The molecule has 1 heterocycles. The van der Waals surface area contributed by atoms with Crippen molar-refractivity contribution in [1.29, 1.82) is 0 Å². The number of rotatable bonds is 0. The first kappa shape index (κ1) is 7.61. The molecule has 0 fully saturated rings. The monoisotopic (exact) mass is 228 g/mol. The molecule has 0 aromatic heterocycles. The summed E-state index contributed by atoms with van der Waals surface area (Å²) >= 11 is 3.12. The number of carbonyl (C=O) groups excluding carboxylic acids is 1. The van der Waals surface area contributed by atoms with Gasteiger partial charge in [-0.3, -0.25) is 0 Å². The zero-order valence-electron chi connectivity index (χ0n) is 6.00. The second-order valence-electron chi connectivity index (χ2n) is 2.51. The highest BCUT2D eigenvalue weighted by atomic mass is 79.9. The molecule has 0 atom stereocenters. The number of carbonyl (C=O) groups is 1. The lowest BCUT2D eigenvalue weighted by Gasteiger charge is -1.99. The van der Waals surface area contributed by atoms with Crippen LogP contribution < -0.4 is 0 Å². The third kappa shape index (κ3) is 0.914. The van der Waals surface area contributed by atoms with Gasteiger partial charge in [0.25, 0.3) is 0 Å². The van der Waals surface area contributed by atoms with Gasteiger partial charge < -0.3 is 9.84 Å². The molecule has 1 aliphatic rings. The Morgan fingerprint density at radius 2 is 2.25 bits per heavy atom. The van der Waals surface area contributed by atoms with Crippen molar-refractivity contribution in [3.8, 4) is 5.75 Å². The number of fused-ring (bicyclic) bond motifs is 1. The Morgan fingerprint density at radius 3 is 3.00 bits per heavy atom. The Kier molecular flexibility index (Phi) is 1.58. The van der Waals surface area contributed by atoms with Crippen molar-refractivity contribution < 1.29 is 14.6 Å². The summed E-state index contributed by atoms with van der Waals surface area (Å²) in [4.78, 5) is 11.1. The number of hydrogen-bond acceptors (Lipinski definition) is 3. The van der Waals surface area contributed by atoms with Crippen LogP contribution in [0.15, 0.2) is 16.6 Å². The summed E-state index contributed by atoms with van der Waals surface area (Å²) in [6, 6.07) is 3.21. The molecule has 0 saturated heterocycles. The maximum absolute atomic E-state index is 11.1. The SMILES string of the molecule is O=C1OCc2ccc(O)c(Br)c21. The maximum atomic E-state index is 11.1. The van der Waals surface area contributed by atoms with Crippen LogP contribution in [-0.2, 0) is 11.3 Å². The number of halogens is 1. The number of cyclic esters (lactones) is 1. The van der Waals surface area contributed by atoms with Gasteiger partial charge in [-0.2, -0.15) is 0 Å². The number of aromatic hydroxyl groups is 1. The minimum absolute atomic E-state index is 0.0626. The largest absolute Gasteiger partial charge is 0.507 e. The topological polar surface area (TPSA) is 46.5 Å². The smallest absolute Gasteiger partial charge is 0.340 e. The van der Waals surface area contributed by atoms with Crippen LogP contribution in [0.2, 0.25) is 0 Å². The van der Waals surface area contributed by atoms with Gasteiger partial charge in [0, 0.05) is 5.56 Å². The van der Waals surface area contributed by atoms with Gasteiger partial charge in [0.15, 0.2) is 0 Å². The minimum atomic E-state index is -0.382. The molecule has 1 aromatic rings. The number of phenolic OH excluding ortho intramolecular Hbond substituents is 1. The first-order valence-electron chi connectivity index (χ1n) is 3.37. The standard InChI is InChI=1S/C8H5BrO3/c9-7-5(10)2-1-4-3-12-8(11)6(4)7/h1-2,10H,3H2. The summed E-state index contributed by atoms with van der Waals surface area (Å²) in [5.41, 5.74) is 1.25. The van der Waals surface area contributed by atoms with Crippen LogP contribution >= 0.6 is 15.9 Å². The van der Waals surface area contributed by atoms with Crippen LogP contribution in [0.1, 0.15) is 15.9 Å². The molecule has 1 N–H and O–H groups in total. The predicted octanol–water partition coefficient (Wildman–Crippen LogP) is 1.83. The fourth-order valence-corrected chi connectivity index (χ4v) is 1.71. The lowest BCUT2D eigenvalue weighted by atomic mass is 10.1. The third-order valence-corrected chi connectivity index (χ3v) is 2.57. The Labute approximate surface area is 77.1 Å². The van der Waals surface area contributed by atoms with E-state index in [0.29, 0.717) is 16.6 Å². The van der Waals surface area contributed by atoms with E-state index in [1.165, 1.54) is 6.07 Å². The van der Waals surface area contributed by atoms with Crippen LogP contribution in [0, 0.1) is 0 Å². The Hall–Kier alpha value is -1.03. The Bertz CT molecular complexity index is 360. The van der Waals surface area contributed by atoms with E-state index in [0.717, 1.165) is 5.56 Å². The maximum Gasteiger partial charge on any atom is 0.340 e. The van der Waals surface area contributed by atoms with Crippen molar-refractivity contribution in [3.05, 3.63) is 27.7 Å². The van der Waals surface area contributed by atoms with E-state index >= 15 is 0 Å². The molecule has 0 unspecified atom stereocenters. The lowest BCUT2D eigenvalue weighted by Crippen LogP contribution is -1.94. The highest BCUT2D eigenvalue weighted by molar-refractivity contribution is 9.10. The summed E-state index contributed by atoms with van der Waals surface area (Å²) in [6.45, 7) is 0.299. The fourth-order valence-electron chi connectivity index (χ4n) is 1.16. The van der Waals surface area contributed by atoms with Gasteiger partial charge in [-0.25, -0.2) is 4.79 Å². The van der Waals surface area contributed by atoms with Gasteiger partial charge >= 0.3 is 5.97 Å². The fraction of sp³-hybridized carbons (Fsp3) is 0.125. The summed E-state index contributed by atoms with van der Waals surface area (Å²) in [7, 11) is 0. The summed E-state index contributed by atoms with van der Waals surface area (Å²) in [5.74, 6) is -0.319. The van der Waals surface area contributed by atoms with Crippen molar-refractivity contribution in [2.45, 2.75) is 6.61 Å². The van der Waals surface area contributed by atoms with Gasteiger partial charge in [-0.15, -0.1) is 0 Å². The molecule has 4 heteroatoms. The number of benzene rings is 1. The highest BCUT2D eigenvalue weighted by Gasteiger charge is 2.25. The molecular formula is C8H5BrO3. The third-order valence-electron chi connectivity index (χ3n) is 1.77. The molecule has 2 rings (SSSR count). The molecule has 0 amide bonds. The number of esters is 1. The average Bonchev–Trinajstić information content (AvgIpc) is 2.41. The van der Waals surface area contributed by atoms with Crippen LogP contribution in [0.4, 0.5) is 0 Å². The summed E-state index contributed by atoms with van der Waals surface area (Å²) in [6.07, 6.45) is 0.